The molecule has 0 saturated carbocycles. The molecule has 0 atom stereocenters. The lowest BCUT2D eigenvalue weighted by atomic mass is 10.0. The number of nitrogens with one attached hydrogen (secondary N) is 1. The maximum Gasteiger partial charge on any atom is 0.416 e. The van der Waals surface area contributed by atoms with Gasteiger partial charge in [0.2, 0.25) is 5.95 Å². The topological polar surface area (TPSA) is 85.1 Å². The quantitative estimate of drug-likeness (QED) is 0.413. The summed E-state index contributed by atoms with van der Waals surface area (Å²) in [6.07, 6.45) is 1.01. The van der Waals surface area contributed by atoms with Crippen molar-refractivity contribution in [3.63, 3.8) is 0 Å². The molecule has 0 aliphatic carbocycles. The number of aryl methyl sites for hydroxylation is 1. The van der Waals surface area contributed by atoms with Crippen LogP contribution in [0.3, 0.4) is 0 Å². The molecule has 0 spiro atoms. The van der Waals surface area contributed by atoms with Crippen LogP contribution in [0.15, 0.2) is 61.1 Å². The predicted octanol–water partition coefficient (Wildman–Crippen LogP) is 5.02. The maximum absolute atomic E-state index is 13.4. The summed E-state index contributed by atoms with van der Waals surface area (Å²) in [5, 5.41) is 12.7. The van der Waals surface area contributed by atoms with Gasteiger partial charge < -0.3 is 19.7 Å². The fraction of sp³-hybridized carbons (Fsp3) is 0.320. The summed E-state index contributed by atoms with van der Waals surface area (Å²) in [4.78, 5) is 13.3. The lowest BCUT2D eigenvalue weighted by Gasteiger charge is -2.14. The second-order valence-electron chi connectivity index (χ2n) is 7.62. The number of rotatable bonds is 9. The van der Waals surface area contributed by atoms with Gasteiger partial charge in [0.25, 0.3) is 0 Å². The van der Waals surface area contributed by atoms with Crippen molar-refractivity contribution in [3.05, 3.63) is 72.2 Å². The first-order valence-corrected chi connectivity index (χ1v) is 11.2. The van der Waals surface area contributed by atoms with E-state index in [9.17, 15) is 18.3 Å². The van der Waals surface area contributed by atoms with E-state index in [0.717, 1.165) is 18.6 Å². The van der Waals surface area contributed by atoms with Crippen LogP contribution in [-0.4, -0.2) is 44.4 Å². The van der Waals surface area contributed by atoms with E-state index in [2.05, 4.69) is 20.3 Å². The Hall–Kier alpha value is -3.50. The van der Waals surface area contributed by atoms with Crippen LogP contribution < -0.4 is 5.32 Å². The molecule has 10 heteroatoms. The monoisotopic (exact) mass is 487 g/mol. The van der Waals surface area contributed by atoms with E-state index in [4.69, 9.17) is 4.74 Å². The Bertz CT molecular complexity index is 1180. The summed E-state index contributed by atoms with van der Waals surface area (Å²) in [7, 11) is 1.74. The Balaban J connectivity index is 2.15. The molecule has 186 valence electrons. The average molecular weight is 488 g/mol. The van der Waals surface area contributed by atoms with Crippen LogP contribution in [0.1, 0.15) is 24.5 Å². The Kier molecular flexibility index (Phi) is 9.16. The highest BCUT2D eigenvalue weighted by Gasteiger charge is 2.30. The van der Waals surface area contributed by atoms with Crippen LogP contribution in [0.4, 0.5) is 19.1 Å². The zero-order valence-electron chi connectivity index (χ0n) is 19.6. The van der Waals surface area contributed by atoms with Crippen molar-refractivity contribution in [2.24, 2.45) is 7.05 Å². The fourth-order valence-corrected chi connectivity index (χ4v) is 3.33. The third-order valence-corrected chi connectivity index (χ3v) is 5.08. The van der Waals surface area contributed by atoms with E-state index < -0.39 is 11.7 Å². The molecule has 2 aromatic heterocycles. The molecule has 0 amide bonds. The third-order valence-electron chi connectivity index (χ3n) is 5.08. The van der Waals surface area contributed by atoms with Gasteiger partial charge in [0.15, 0.2) is 0 Å². The van der Waals surface area contributed by atoms with Crippen LogP contribution in [0.2, 0.25) is 0 Å². The predicted molar refractivity (Wildman–Crippen MR) is 128 cm³/mol. The Morgan fingerprint density at radius 3 is 2.63 bits per heavy atom. The van der Waals surface area contributed by atoms with Gasteiger partial charge in [0.1, 0.15) is 0 Å². The van der Waals surface area contributed by atoms with Gasteiger partial charge in [-0.3, -0.25) is 4.98 Å². The fourth-order valence-electron chi connectivity index (χ4n) is 3.33. The van der Waals surface area contributed by atoms with Crippen LogP contribution in [-0.2, 0) is 24.6 Å². The number of aromatic nitrogens is 4. The summed E-state index contributed by atoms with van der Waals surface area (Å²) in [6.45, 7) is 3.57. The summed E-state index contributed by atoms with van der Waals surface area (Å²) in [5.74, 6) is 0.380. The smallest absolute Gasteiger partial charge is 0.392 e. The second-order valence-corrected chi connectivity index (χ2v) is 7.62. The van der Waals surface area contributed by atoms with E-state index in [0.29, 0.717) is 48.4 Å². The van der Waals surface area contributed by atoms with E-state index in [1.165, 1.54) is 12.3 Å². The van der Waals surface area contributed by atoms with Gasteiger partial charge in [-0.1, -0.05) is 12.1 Å². The normalized spacial score (nSPS) is 11.3. The number of alkyl halides is 3. The number of hydrogen-bond acceptors (Lipinski definition) is 6. The summed E-state index contributed by atoms with van der Waals surface area (Å²) in [5.41, 5.74) is 1.32. The Morgan fingerprint density at radius 2 is 1.89 bits per heavy atom. The molecule has 0 unspecified atom stereocenters. The molecule has 7 nitrogen and oxygen atoms in total. The first kappa shape index (κ1) is 26.1. The molecule has 1 aromatic carbocycles. The van der Waals surface area contributed by atoms with Crippen LogP contribution >= 0.6 is 0 Å². The zero-order valence-corrected chi connectivity index (χ0v) is 19.6. The lowest BCUT2D eigenvalue weighted by Crippen LogP contribution is -2.09. The van der Waals surface area contributed by atoms with Gasteiger partial charge in [-0.25, -0.2) is 9.97 Å². The van der Waals surface area contributed by atoms with Gasteiger partial charge >= 0.3 is 6.18 Å². The minimum Gasteiger partial charge on any atom is -0.392 e. The third kappa shape index (κ3) is 7.24. The highest BCUT2D eigenvalue weighted by molar-refractivity contribution is 5.76. The molecule has 3 aromatic rings. The number of nitrogens with zero attached hydrogens (tertiary/aromatic N) is 4. The highest BCUT2D eigenvalue weighted by atomic mass is 19.4. The van der Waals surface area contributed by atoms with Crippen molar-refractivity contribution in [2.75, 3.05) is 25.1 Å². The minimum absolute atomic E-state index is 0.214. The standard InChI is InChI=1S/C25H28F3N5O2/c1-3-35-15-5-11-30-24-31-13-9-21(32-24)23-22(19-6-4-7-20(16-19)25(26,27)28)29-12-8-18(17-34)10-14-33(23)2/h4,6-10,12-14,16,34H,3,5,11,15,17H2,1-2H3,(H,30,31,32). The summed E-state index contributed by atoms with van der Waals surface area (Å²) < 4.78 is 47.4. The summed E-state index contributed by atoms with van der Waals surface area (Å²) >= 11 is 0. The van der Waals surface area contributed by atoms with Crippen LogP contribution in [0.25, 0.3) is 22.6 Å². The number of anilines is 1. The van der Waals surface area contributed by atoms with E-state index >= 15 is 0 Å². The van der Waals surface area contributed by atoms with Crippen molar-refractivity contribution in [2.45, 2.75) is 26.1 Å². The zero-order chi connectivity index (χ0) is 25.3. The molecule has 3 rings (SSSR count). The molecule has 0 aliphatic rings. The first-order chi connectivity index (χ1) is 16.8. The first-order valence-electron chi connectivity index (χ1n) is 11.2. The largest absolute Gasteiger partial charge is 0.416 e. The number of halogens is 3. The van der Waals surface area contributed by atoms with Crippen LogP contribution in [0.5, 0.6) is 0 Å². The average Bonchev–Trinajstić information content (AvgIpc) is 2.92. The molecular formula is C25H28F3N5O2. The van der Waals surface area contributed by atoms with E-state index in [-0.39, 0.29) is 12.2 Å². The Morgan fingerprint density at radius 1 is 1.09 bits per heavy atom. The molecule has 0 aliphatic heterocycles. The molecular weight excluding hydrogens is 459 g/mol. The summed E-state index contributed by atoms with van der Waals surface area (Å²) in [6, 6.07) is 9.98. The SMILES string of the molecule is CCOCCCNc1nccc(-c2c(-c3cccc(C(F)(F)F)c3)nccc(CO)ccn2C)n1. The molecule has 0 bridgehead atoms. The van der Waals surface area contributed by atoms with Gasteiger partial charge in [-0.05, 0) is 49.2 Å². The molecule has 2 heterocycles. The molecule has 0 fully saturated rings. The van der Waals surface area contributed by atoms with Crippen molar-refractivity contribution in [3.8, 4) is 22.6 Å². The number of benzene rings is 1. The number of aliphatic hydroxyl groups is 1. The number of hydrogen-bond donors (Lipinski definition) is 2. The van der Waals surface area contributed by atoms with Gasteiger partial charge in [-0.2, -0.15) is 13.2 Å². The van der Waals surface area contributed by atoms with E-state index in [1.807, 2.05) is 6.92 Å². The Labute approximate surface area is 202 Å². The van der Waals surface area contributed by atoms with Gasteiger partial charge in [0.05, 0.1) is 29.3 Å². The molecule has 0 radical (unpaired) electrons. The second kappa shape index (κ2) is 12.3. The maximum atomic E-state index is 13.4. The highest BCUT2D eigenvalue weighted by Crippen LogP contribution is 2.34. The molecule has 0 saturated heterocycles. The van der Waals surface area contributed by atoms with Crippen molar-refractivity contribution in [1.82, 2.24) is 19.5 Å². The van der Waals surface area contributed by atoms with E-state index in [1.54, 1.807) is 48.3 Å². The molecule has 2 N–H and O–H groups in total. The van der Waals surface area contributed by atoms with Crippen molar-refractivity contribution < 1.29 is 23.0 Å². The van der Waals surface area contributed by atoms with Crippen molar-refractivity contribution in [1.29, 1.82) is 0 Å². The van der Waals surface area contributed by atoms with Crippen molar-refractivity contribution >= 4 is 5.95 Å². The number of ether oxygens (including phenoxy) is 1. The lowest BCUT2D eigenvalue weighted by molar-refractivity contribution is -0.137. The minimum atomic E-state index is -4.50. The molecule has 35 heavy (non-hydrogen) atoms. The number of aliphatic hydroxyl groups excluding tert-OH is 1. The van der Waals surface area contributed by atoms with Gasteiger partial charge in [-0.15, -0.1) is 0 Å². The van der Waals surface area contributed by atoms with Crippen LogP contribution in [0, 0.1) is 0 Å². The van der Waals surface area contributed by atoms with Gasteiger partial charge in [0, 0.05) is 51.0 Å².